The minimum atomic E-state index is -0.603. The van der Waals surface area contributed by atoms with Gasteiger partial charge in [0.15, 0.2) is 0 Å². The van der Waals surface area contributed by atoms with Crippen molar-refractivity contribution in [2.75, 3.05) is 13.1 Å². The van der Waals surface area contributed by atoms with Crippen LogP contribution in [0.25, 0.3) is 0 Å². The zero-order valence-corrected chi connectivity index (χ0v) is 14.4. The Bertz CT molecular complexity index is 761. The molecule has 2 aromatic rings. The van der Waals surface area contributed by atoms with Crippen LogP contribution in [0.2, 0.25) is 0 Å². The molecule has 3 rings (SSSR count). The third-order valence-electron chi connectivity index (χ3n) is 4.68. The number of carbonyl (C=O) groups excluding carboxylic acids is 1. The van der Waals surface area contributed by atoms with Gasteiger partial charge in [-0.1, -0.05) is 13.0 Å². The highest BCUT2D eigenvalue weighted by molar-refractivity contribution is 5.75. The van der Waals surface area contributed by atoms with E-state index in [1.165, 1.54) is 12.1 Å². The summed E-state index contributed by atoms with van der Waals surface area (Å²) in [7, 11) is 1.85. The fourth-order valence-electron chi connectivity index (χ4n) is 3.32. The average molecular weight is 348 g/mol. The number of amides is 2. The lowest BCUT2D eigenvalue weighted by molar-refractivity contribution is 0.192. The molecule has 1 saturated heterocycles. The Morgan fingerprint density at radius 2 is 2.24 bits per heavy atom. The van der Waals surface area contributed by atoms with Gasteiger partial charge < -0.3 is 10.2 Å². The second-order valence-corrected chi connectivity index (χ2v) is 6.55. The van der Waals surface area contributed by atoms with Crippen LogP contribution in [0.1, 0.15) is 42.9 Å². The Morgan fingerprint density at radius 1 is 1.44 bits per heavy atom. The fourth-order valence-corrected chi connectivity index (χ4v) is 3.32. The van der Waals surface area contributed by atoms with E-state index in [0.717, 1.165) is 24.5 Å². The summed E-state index contributed by atoms with van der Waals surface area (Å²) in [6, 6.07) is 3.38. The molecule has 0 unspecified atom stereocenters. The molecule has 25 heavy (non-hydrogen) atoms. The van der Waals surface area contributed by atoms with Crippen LogP contribution in [0, 0.1) is 11.6 Å². The van der Waals surface area contributed by atoms with Crippen LogP contribution in [-0.2, 0) is 7.05 Å². The molecule has 0 radical (unpaired) electrons. The van der Waals surface area contributed by atoms with Gasteiger partial charge in [0.1, 0.15) is 11.6 Å². The minimum absolute atomic E-state index is 0.0200. The van der Waals surface area contributed by atoms with E-state index < -0.39 is 11.6 Å². The van der Waals surface area contributed by atoms with Gasteiger partial charge >= 0.3 is 6.03 Å². The zero-order chi connectivity index (χ0) is 18.0. The first-order valence-electron chi connectivity index (χ1n) is 8.43. The van der Waals surface area contributed by atoms with Crippen molar-refractivity contribution in [3.63, 3.8) is 0 Å². The SMILES string of the molecule is C[C@H](CNC(=O)N1CCC[C@@H]1c1cnn(C)c1)c1ccc(F)cc1F. The number of rotatable bonds is 4. The second-order valence-electron chi connectivity index (χ2n) is 6.55. The number of urea groups is 1. The molecule has 2 amide bonds. The Kier molecular flexibility index (Phi) is 5.01. The van der Waals surface area contributed by atoms with Gasteiger partial charge in [0, 0.05) is 43.9 Å². The van der Waals surface area contributed by atoms with Crippen LogP contribution >= 0.6 is 0 Å². The lowest BCUT2D eigenvalue weighted by Gasteiger charge is -2.25. The Balaban J connectivity index is 1.61. The second kappa shape index (κ2) is 7.21. The first kappa shape index (κ1) is 17.4. The van der Waals surface area contributed by atoms with Crippen molar-refractivity contribution in [3.05, 3.63) is 53.4 Å². The van der Waals surface area contributed by atoms with Gasteiger partial charge in [-0.25, -0.2) is 13.6 Å². The van der Waals surface area contributed by atoms with Crippen LogP contribution in [0.15, 0.2) is 30.6 Å². The number of hydrogen-bond acceptors (Lipinski definition) is 2. The molecule has 7 heteroatoms. The number of aryl methyl sites for hydroxylation is 1. The predicted molar refractivity (Wildman–Crippen MR) is 90.1 cm³/mol. The molecule has 134 valence electrons. The predicted octanol–water partition coefficient (Wildman–Crippen LogP) is 3.35. The summed E-state index contributed by atoms with van der Waals surface area (Å²) in [5.41, 5.74) is 1.42. The van der Waals surface area contributed by atoms with Crippen molar-refractivity contribution >= 4 is 6.03 Å². The Labute approximate surface area is 145 Å². The molecule has 2 heterocycles. The van der Waals surface area contributed by atoms with E-state index in [-0.39, 0.29) is 24.5 Å². The largest absolute Gasteiger partial charge is 0.337 e. The molecule has 0 spiro atoms. The molecular formula is C18H22F2N4O. The topological polar surface area (TPSA) is 50.2 Å². The first-order chi connectivity index (χ1) is 12.0. The van der Waals surface area contributed by atoms with Crippen LogP contribution in [-0.4, -0.2) is 33.8 Å². The third kappa shape index (κ3) is 3.81. The van der Waals surface area contributed by atoms with E-state index in [2.05, 4.69) is 10.4 Å². The number of carbonyl (C=O) groups is 1. The minimum Gasteiger partial charge on any atom is -0.337 e. The van der Waals surface area contributed by atoms with Gasteiger partial charge in [-0.15, -0.1) is 0 Å². The van der Waals surface area contributed by atoms with E-state index in [1.54, 1.807) is 22.7 Å². The highest BCUT2D eigenvalue weighted by Gasteiger charge is 2.30. The van der Waals surface area contributed by atoms with Crippen molar-refractivity contribution in [1.82, 2.24) is 20.0 Å². The maximum Gasteiger partial charge on any atom is 0.317 e. The smallest absolute Gasteiger partial charge is 0.317 e. The van der Waals surface area contributed by atoms with Crippen molar-refractivity contribution in [1.29, 1.82) is 0 Å². The summed E-state index contributed by atoms with van der Waals surface area (Å²) in [4.78, 5) is 14.3. The molecule has 2 atom stereocenters. The average Bonchev–Trinajstić information content (AvgIpc) is 3.20. The van der Waals surface area contributed by atoms with Crippen LogP contribution < -0.4 is 5.32 Å². The highest BCUT2D eigenvalue weighted by atomic mass is 19.1. The van der Waals surface area contributed by atoms with Gasteiger partial charge in [0.05, 0.1) is 12.2 Å². The molecule has 1 aromatic carbocycles. The summed E-state index contributed by atoms with van der Waals surface area (Å²) in [6.45, 7) is 2.78. The molecule has 1 aliphatic heterocycles. The van der Waals surface area contributed by atoms with Gasteiger partial charge in [-0.2, -0.15) is 5.10 Å². The van der Waals surface area contributed by atoms with Crippen molar-refractivity contribution in [3.8, 4) is 0 Å². The lowest BCUT2D eigenvalue weighted by atomic mass is 10.0. The number of benzene rings is 1. The normalized spacial score (nSPS) is 18.4. The summed E-state index contributed by atoms with van der Waals surface area (Å²) < 4.78 is 28.6. The monoisotopic (exact) mass is 348 g/mol. The van der Waals surface area contributed by atoms with E-state index >= 15 is 0 Å². The van der Waals surface area contributed by atoms with Gasteiger partial charge in [0.25, 0.3) is 0 Å². The molecule has 0 aliphatic carbocycles. The van der Waals surface area contributed by atoms with Crippen LogP contribution in [0.4, 0.5) is 13.6 Å². The summed E-state index contributed by atoms with van der Waals surface area (Å²) in [5.74, 6) is -1.44. The molecule has 1 fully saturated rings. The quantitative estimate of drug-likeness (QED) is 0.921. The fraction of sp³-hybridized carbons (Fsp3) is 0.444. The Hall–Kier alpha value is -2.44. The molecule has 1 aromatic heterocycles. The van der Waals surface area contributed by atoms with Crippen LogP contribution in [0.3, 0.4) is 0 Å². The number of aromatic nitrogens is 2. The van der Waals surface area contributed by atoms with E-state index in [9.17, 15) is 13.6 Å². The van der Waals surface area contributed by atoms with Crippen molar-refractivity contribution in [2.45, 2.75) is 31.7 Å². The summed E-state index contributed by atoms with van der Waals surface area (Å²) >= 11 is 0. The molecule has 0 bridgehead atoms. The molecular weight excluding hydrogens is 326 g/mol. The molecule has 5 nitrogen and oxygen atoms in total. The zero-order valence-electron chi connectivity index (χ0n) is 14.4. The molecule has 0 saturated carbocycles. The Morgan fingerprint density at radius 3 is 2.92 bits per heavy atom. The maximum absolute atomic E-state index is 13.8. The van der Waals surface area contributed by atoms with Crippen molar-refractivity contribution in [2.24, 2.45) is 7.05 Å². The molecule has 1 aliphatic rings. The van der Waals surface area contributed by atoms with Gasteiger partial charge in [-0.05, 0) is 24.5 Å². The van der Waals surface area contributed by atoms with E-state index in [4.69, 9.17) is 0 Å². The summed E-state index contributed by atoms with van der Waals surface area (Å²) in [5, 5.41) is 7.04. The number of nitrogens with one attached hydrogen (secondary N) is 1. The third-order valence-corrected chi connectivity index (χ3v) is 4.68. The lowest BCUT2D eigenvalue weighted by Crippen LogP contribution is -2.40. The van der Waals surface area contributed by atoms with Crippen molar-refractivity contribution < 1.29 is 13.6 Å². The van der Waals surface area contributed by atoms with Gasteiger partial charge in [-0.3, -0.25) is 4.68 Å². The number of hydrogen-bond donors (Lipinski definition) is 1. The van der Waals surface area contributed by atoms with E-state index in [1.807, 2.05) is 13.2 Å². The number of nitrogens with zero attached hydrogens (tertiary/aromatic N) is 3. The first-order valence-corrected chi connectivity index (χ1v) is 8.43. The van der Waals surface area contributed by atoms with E-state index in [0.29, 0.717) is 12.1 Å². The standard InChI is InChI=1S/C18H22F2N4O/c1-12(15-6-5-14(19)8-16(15)20)9-21-18(25)24-7-3-4-17(24)13-10-22-23(2)11-13/h5-6,8,10-12,17H,3-4,7,9H2,1-2H3,(H,21,25)/t12-,17-/m1/s1. The molecule has 1 N–H and O–H groups in total. The maximum atomic E-state index is 13.8. The summed E-state index contributed by atoms with van der Waals surface area (Å²) in [6.07, 6.45) is 5.55. The highest BCUT2D eigenvalue weighted by Crippen LogP contribution is 2.31. The number of halogens is 2. The number of likely N-dealkylation sites (tertiary alicyclic amines) is 1. The van der Waals surface area contributed by atoms with Gasteiger partial charge in [0.2, 0.25) is 0 Å². The van der Waals surface area contributed by atoms with Crippen LogP contribution in [0.5, 0.6) is 0 Å².